The number of oxazole rings is 1. The van der Waals surface area contributed by atoms with Gasteiger partial charge in [-0.2, -0.15) is 0 Å². The summed E-state index contributed by atoms with van der Waals surface area (Å²) in [6, 6.07) is 12.9. The zero-order valence-corrected chi connectivity index (χ0v) is 15.4. The molecule has 1 fully saturated rings. The number of H-pyrrole nitrogens is 1. The summed E-state index contributed by atoms with van der Waals surface area (Å²) < 4.78 is 4.97. The smallest absolute Gasteiger partial charge is 0.408 e. The second-order valence-corrected chi connectivity index (χ2v) is 6.80. The number of carbonyl (C=O) groups is 2. The SMILES string of the molecule is Cc1cccc(N2CCN(C(=O)C(=O)Nc3ccc4[nH]c(=O)oc4c3)CC2)c1. The van der Waals surface area contributed by atoms with E-state index >= 15 is 0 Å². The van der Waals surface area contributed by atoms with Crippen LogP contribution < -0.4 is 16.0 Å². The van der Waals surface area contributed by atoms with Crippen LogP contribution in [-0.4, -0.2) is 47.9 Å². The Kier molecular flexibility index (Phi) is 4.60. The lowest BCUT2D eigenvalue weighted by atomic mass is 10.2. The predicted molar refractivity (Wildman–Crippen MR) is 105 cm³/mol. The van der Waals surface area contributed by atoms with Gasteiger partial charge in [0.25, 0.3) is 0 Å². The average molecular weight is 380 g/mol. The minimum absolute atomic E-state index is 0.321. The van der Waals surface area contributed by atoms with Crippen molar-refractivity contribution in [3.05, 3.63) is 58.6 Å². The summed E-state index contributed by atoms with van der Waals surface area (Å²) in [7, 11) is 0. The standard InChI is InChI=1S/C20H20N4O4/c1-13-3-2-4-15(11-13)23-7-9-24(10-8-23)19(26)18(25)21-14-5-6-16-17(12-14)28-20(27)22-16/h2-6,11-12H,7-10H2,1H3,(H,21,25)(H,22,27). The van der Waals surface area contributed by atoms with E-state index in [1.165, 1.54) is 11.6 Å². The normalized spacial score (nSPS) is 14.3. The quantitative estimate of drug-likeness (QED) is 0.660. The Hall–Kier alpha value is -3.55. The fourth-order valence-corrected chi connectivity index (χ4v) is 3.34. The van der Waals surface area contributed by atoms with Crippen LogP contribution in [0.15, 0.2) is 51.7 Å². The van der Waals surface area contributed by atoms with Gasteiger partial charge in [-0.1, -0.05) is 12.1 Å². The first kappa shape index (κ1) is 17.8. The summed E-state index contributed by atoms with van der Waals surface area (Å²) >= 11 is 0. The van der Waals surface area contributed by atoms with Crippen LogP contribution in [0.2, 0.25) is 0 Å². The van der Waals surface area contributed by atoms with E-state index in [0.717, 1.165) is 5.69 Å². The van der Waals surface area contributed by atoms with Crippen molar-refractivity contribution in [1.82, 2.24) is 9.88 Å². The van der Waals surface area contributed by atoms with Gasteiger partial charge < -0.3 is 19.5 Å². The molecule has 1 aliphatic rings. The molecule has 0 aliphatic carbocycles. The number of amides is 2. The van der Waals surface area contributed by atoms with Crippen LogP contribution in [0.1, 0.15) is 5.56 Å². The largest absolute Gasteiger partial charge is 0.417 e. The van der Waals surface area contributed by atoms with Gasteiger partial charge in [-0.15, -0.1) is 0 Å². The first-order chi connectivity index (χ1) is 13.5. The fraction of sp³-hybridized carbons (Fsp3) is 0.250. The van der Waals surface area contributed by atoms with Crippen molar-refractivity contribution in [3.63, 3.8) is 0 Å². The molecule has 144 valence electrons. The van der Waals surface area contributed by atoms with E-state index in [0.29, 0.717) is 43.0 Å². The number of nitrogens with one attached hydrogen (secondary N) is 2. The molecule has 2 heterocycles. The number of aromatic amines is 1. The number of anilines is 2. The molecule has 0 saturated carbocycles. The van der Waals surface area contributed by atoms with Crippen LogP contribution in [0, 0.1) is 6.92 Å². The van der Waals surface area contributed by atoms with E-state index in [1.807, 2.05) is 25.1 Å². The third-order valence-electron chi connectivity index (χ3n) is 4.81. The number of carbonyl (C=O) groups excluding carboxylic acids is 2. The predicted octanol–water partition coefficient (Wildman–Crippen LogP) is 1.72. The summed E-state index contributed by atoms with van der Waals surface area (Å²) in [5, 5.41) is 2.57. The maximum atomic E-state index is 12.5. The van der Waals surface area contributed by atoms with Gasteiger partial charge in [0, 0.05) is 43.6 Å². The van der Waals surface area contributed by atoms with Gasteiger partial charge in [0.15, 0.2) is 5.58 Å². The highest BCUT2D eigenvalue weighted by molar-refractivity contribution is 6.39. The number of hydrogen-bond donors (Lipinski definition) is 2. The van der Waals surface area contributed by atoms with Gasteiger partial charge in [0.05, 0.1) is 5.52 Å². The summed E-state index contributed by atoms with van der Waals surface area (Å²) in [5.74, 6) is -1.85. The third-order valence-corrected chi connectivity index (χ3v) is 4.81. The molecule has 1 aliphatic heterocycles. The molecule has 2 amide bonds. The molecule has 4 rings (SSSR count). The van der Waals surface area contributed by atoms with E-state index in [-0.39, 0.29) is 0 Å². The monoisotopic (exact) mass is 380 g/mol. The minimum Gasteiger partial charge on any atom is -0.408 e. The topological polar surface area (TPSA) is 98.6 Å². The summed E-state index contributed by atoms with van der Waals surface area (Å²) in [5.41, 5.74) is 3.55. The number of hydrogen-bond acceptors (Lipinski definition) is 5. The Labute approximate surface area is 160 Å². The van der Waals surface area contributed by atoms with Gasteiger partial charge in [0.1, 0.15) is 0 Å². The molecule has 2 N–H and O–H groups in total. The maximum Gasteiger partial charge on any atom is 0.417 e. The fourth-order valence-electron chi connectivity index (χ4n) is 3.34. The summed E-state index contributed by atoms with van der Waals surface area (Å²) in [6.45, 7) is 4.34. The average Bonchev–Trinajstić information content (AvgIpc) is 3.07. The van der Waals surface area contributed by atoms with Crippen LogP contribution in [0.5, 0.6) is 0 Å². The number of nitrogens with zero attached hydrogens (tertiary/aromatic N) is 2. The van der Waals surface area contributed by atoms with Gasteiger partial charge in [-0.3, -0.25) is 14.6 Å². The van der Waals surface area contributed by atoms with Crippen LogP contribution in [-0.2, 0) is 9.59 Å². The highest BCUT2D eigenvalue weighted by Crippen LogP contribution is 2.19. The molecular weight excluding hydrogens is 360 g/mol. The van der Waals surface area contributed by atoms with Crippen LogP contribution >= 0.6 is 0 Å². The molecule has 8 heteroatoms. The lowest BCUT2D eigenvalue weighted by Gasteiger charge is -2.35. The van der Waals surface area contributed by atoms with Gasteiger partial charge >= 0.3 is 17.6 Å². The zero-order chi connectivity index (χ0) is 19.7. The van der Waals surface area contributed by atoms with Crippen LogP contribution in [0.3, 0.4) is 0 Å². The molecule has 1 aromatic heterocycles. The van der Waals surface area contributed by atoms with Crippen molar-refractivity contribution in [2.24, 2.45) is 0 Å². The van der Waals surface area contributed by atoms with E-state index in [1.54, 1.807) is 17.0 Å². The number of piperazine rings is 1. The Morgan fingerprint density at radius 2 is 1.86 bits per heavy atom. The Morgan fingerprint density at radius 1 is 1.07 bits per heavy atom. The van der Waals surface area contributed by atoms with Crippen LogP contribution in [0.25, 0.3) is 11.1 Å². The van der Waals surface area contributed by atoms with Crippen molar-refractivity contribution >= 4 is 34.3 Å². The zero-order valence-electron chi connectivity index (χ0n) is 15.4. The molecule has 0 radical (unpaired) electrons. The molecule has 0 spiro atoms. The Bertz CT molecular complexity index is 1090. The molecule has 1 saturated heterocycles. The molecule has 28 heavy (non-hydrogen) atoms. The first-order valence-corrected chi connectivity index (χ1v) is 9.04. The molecule has 3 aromatic rings. The maximum absolute atomic E-state index is 12.5. The van der Waals surface area contributed by atoms with Crippen molar-refractivity contribution in [1.29, 1.82) is 0 Å². The molecule has 0 bridgehead atoms. The molecule has 0 atom stereocenters. The van der Waals surface area contributed by atoms with Crippen molar-refractivity contribution in [3.8, 4) is 0 Å². The Morgan fingerprint density at radius 3 is 2.61 bits per heavy atom. The first-order valence-electron chi connectivity index (χ1n) is 9.04. The minimum atomic E-state index is -0.707. The second kappa shape index (κ2) is 7.22. The van der Waals surface area contributed by atoms with Crippen molar-refractivity contribution in [2.75, 3.05) is 36.4 Å². The summed E-state index contributed by atoms with van der Waals surface area (Å²) in [4.78, 5) is 42.3. The second-order valence-electron chi connectivity index (χ2n) is 6.80. The van der Waals surface area contributed by atoms with Gasteiger partial charge in [-0.25, -0.2) is 4.79 Å². The van der Waals surface area contributed by atoms with E-state index in [2.05, 4.69) is 21.3 Å². The molecule has 2 aromatic carbocycles. The van der Waals surface area contributed by atoms with E-state index in [4.69, 9.17) is 4.42 Å². The van der Waals surface area contributed by atoms with Crippen molar-refractivity contribution < 1.29 is 14.0 Å². The summed E-state index contributed by atoms with van der Waals surface area (Å²) in [6.07, 6.45) is 0. The number of rotatable bonds is 2. The highest BCUT2D eigenvalue weighted by atomic mass is 16.4. The van der Waals surface area contributed by atoms with E-state index < -0.39 is 17.6 Å². The van der Waals surface area contributed by atoms with E-state index in [9.17, 15) is 14.4 Å². The van der Waals surface area contributed by atoms with Gasteiger partial charge in [0.2, 0.25) is 0 Å². The Balaban J connectivity index is 1.37. The number of benzene rings is 2. The lowest BCUT2D eigenvalue weighted by Crippen LogP contribution is -2.51. The van der Waals surface area contributed by atoms with Crippen LogP contribution in [0.4, 0.5) is 11.4 Å². The molecule has 0 unspecified atom stereocenters. The van der Waals surface area contributed by atoms with Gasteiger partial charge in [-0.05, 0) is 36.8 Å². The number of aromatic nitrogens is 1. The molecule has 8 nitrogen and oxygen atoms in total. The number of aryl methyl sites for hydroxylation is 1. The molecular formula is C20H20N4O4. The third kappa shape index (κ3) is 3.62. The highest BCUT2D eigenvalue weighted by Gasteiger charge is 2.26. The number of fused-ring (bicyclic) bond motifs is 1. The lowest BCUT2D eigenvalue weighted by molar-refractivity contribution is -0.143. The van der Waals surface area contributed by atoms with Crippen molar-refractivity contribution in [2.45, 2.75) is 6.92 Å².